The van der Waals surface area contributed by atoms with E-state index in [1.807, 2.05) is 54.4 Å². The smallest absolute Gasteiger partial charge is 0.234 e. The van der Waals surface area contributed by atoms with Gasteiger partial charge < -0.3 is 5.32 Å². The molecule has 0 aliphatic carbocycles. The minimum Gasteiger partial charge on any atom is -0.348 e. The van der Waals surface area contributed by atoms with Gasteiger partial charge in [-0.3, -0.25) is 9.69 Å². The highest BCUT2D eigenvalue weighted by atomic mass is 79.9. The van der Waals surface area contributed by atoms with Crippen molar-refractivity contribution in [2.75, 3.05) is 13.6 Å². The molecule has 0 aliphatic rings. The Hall–Kier alpha value is -1.65. The van der Waals surface area contributed by atoms with Crippen LogP contribution in [0.2, 0.25) is 0 Å². The molecule has 0 aromatic heterocycles. The number of hydrogen-bond acceptors (Lipinski definition) is 2. The van der Waals surface area contributed by atoms with Crippen molar-refractivity contribution in [1.29, 1.82) is 0 Å². The van der Waals surface area contributed by atoms with Gasteiger partial charge in [-0.25, -0.2) is 0 Å². The van der Waals surface area contributed by atoms with E-state index in [9.17, 15) is 4.79 Å². The second-order valence-electron chi connectivity index (χ2n) is 5.74. The maximum Gasteiger partial charge on any atom is 0.234 e. The van der Waals surface area contributed by atoms with E-state index >= 15 is 0 Å². The van der Waals surface area contributed by atoms with Crippen molar-refractivity contribution in [3.63, 3.8) is 0 Å². The first-order valence-electron chi connectivity index (χ1n) is 7.85. The van der Waals surface area contributed by atoms with Crippen LogP contribution in [0.1, 0.15) is 30.5 Å². The first kappa shape index (κ1) is 17.7. The molecule has 1 unspecified atom stereocenters. The van der Waals surface area contributed by atoms with Gasteiger partial charge in [0.1, 0.15) is 0 Å². The standard InChI is InChI=1S/C19H23BrN2O/c1-3-18(16-9-11-17(20)12-10-16)21-19(23)14-22(2)13-15-7-5-4-6-8-15/h4-12,18H,3,13-14H2,1-2H3,(H,21,23). The molecular formula is C19H23BrN2O. The van der Waals surface area contributed by atoms with Gasteiger partial charge >= 0.3 is 0 Å². The van der Waals surface area contributed by atoms with Crippen molar-refractivity contribution in [1.82, 2.24) is 10.2 Å². The summed E-state index contributed by atoms with van der Waals surface area (Å²) in [5, 5.41) is 3.12. The zero-order chi connectivity index (χ0) is 16.7. The predicted octanol–water partition coefficient (Wildman–Crippen LogP) is 4.15. The zero-order valence-electron chi connectivity index (χ0n) is 13.6. The largest absolute Gasteiger partial charge is 0.348 e. The monoisotopic (exact) mass is 374 g/mol. The lowest BCUT2D eigenvalue weighted by Gasteiger charge is -2.21. The van der Waals surface area contributed by atoms with Crippen LogP contribution in [0.3, 0.4) is 0 Å². The van der Waals surface area contributed by atoms with E-state index in [-0.39, 0.29) is 11.9 Å². The van der Waals surface area contributed by atoms with Gasteiger partial charge in [-0.1, -0.05) is 65.3 Å². The lowest BCUT2D eigenvalue weighted by Crippen LogP contribution is -2.36. The summed E-state index contributed by atoms with van der Waals surface area (Å²) < 4.78 is 1.05. The molecule has 3 nitrogen and oxygen atoms in total. The lowest BCUT2D eigenvalue weighted by molar-refractivity contribution is -0.122. The third-order valence-electron chi connectivity index (χ3n) is 3.72. The molecule has 1 atom stereocenters. The highest BCUT2D eigenvalue weighted by Crippen LogP contribution is 2.19. The molecule has 0 spiro atoms. The number of benzene rings is 2. The summed E-state index contributed by atoms with van der Waals surface area (Å²) in [4.78, 5) is 14.3. The van der Waals surface area contributed by atoms with Crippen molar-refractivity contribution < 1.29 is 4.79 Å². The summed E-state index contributed by atoms with van der Waals surface area (Å²) in [7, 11) is 1.97. The number of halogens is 1. The van der Waals surface area contributed by atoms with Crippen LogP contribution in [-0.4, -0.2) is 24.4 Å². The first-order chi connectivity index (χ1) is 11.1. The van der Waals surface area contributed by atoms with E-state index < -0.39 is 0 Å². The fourth-order valence-corrected chi connectivity index (χ4v) is 2.82. The fourth-order valence-electron chi connectivity index (χ4n) is 2.55. The molecule has 0 fully saturated rings. The van der Waals surface area contributed by atoms with Crippen LogP contribution < -0.4 is 5.32 Å². The van der Waals surface area contributed by atoms with Crippen LogP contribution in [0.5, 0.6) is 0 Å². The van der Waals surface area contributed by atoms with Crippen molar-refractivity contribution in [2.45, 2.75) is 25.9 Å². The fraction of sp³-hybridized carbons (Fsp3) is 0.316. The Labute approximate surface area is 146 Å². The Balaban J connectivity index is 1.88. The van der Waals surface area contributed by atoms with Crippen LogP contribution in [0.15, 0.2) is 59.1 Å². The van der Waals surface area contributed by atoms with Gasteiger partial charge in [0.25, 0.3) is 0 Å². The molecule has 0 saturated heterocycles. The maximum atomic E-state index is 12.3. The van der Waals surface area contributed by atoms with Crippen molar-refractivity contribution in [2.24, 2.45) is 0 Å². The molecule has 2 aromatic carbocycles. The van der Waals surface area contributed by atoms with Crippen molar-refractivity contribution >= 4 is 21.8 Å². The zero-order valence-corrected chi connectivity index (χ0v) is 15.2. The van der Waals surface area contributed by atoms with Crippen molar-refractivity contribution in [3.8, 4) is 0 Å². The van der Waals surface area contributed by atoms with Gasteiger partial charge in [0.05, 0.1) is 12.6 Å². The van der Waals surface area contributed by atoms with Crippen LogP contribution in [0.25, 0.3) is 0 Å². The second-order valence-corrected chi connectivity index (χ2v) is 6.65. The van der Waals surface area contributed by atoms with E-state index in [0.29, 0.717) is 6.54 Å². The third-order valence-corrected chi connectivity index (χ3v) is 4.25. The van der Waals surface area contributed by atoms with E-state index in [1.54, 1.807) is 0 Å². The number of nitrogens with zero attached hydrogens (tertiary/aromatic N) is 1. The summed E-state index contributed by atoms with van der Waals surface area (Å²) in [6, 6.07) is 18.3. The second kappa shape index (κ2) is 8.85. The van der Waals surface area contributed by atoms with Crippen LogP contribution in [0.4, 0.5) is 0 Å². The van der Waals surface area contributed by atoms with Crippen LogP contribution in [-0.2, 0) is 11.3 Å². The number of carbonyl (C=O) groups is 1. The van der Waals surface area contributed by atoms with Gasteiger partial charge in [-0.05, 0) is 36.7 Å². The third kappa shape index (κ3) is 5.81. The Morgan fingerprint density at radius 1 is 1.13 bits per heavy atom. The summed E-state index contributed by atoms with van der Waals surface area (Å²) in [5.41, 5.74) is 2.34. The molecule has 2 aromatic rings. The molecule has 2 rings (SSSR count). The number of amides is 1. The van der Waals surface area contributed by atoms with Gasteiger partial charge in [-0.15, -0.1) is 0 Å². The molecule has 1 N–H and O–H groups in total. The van der Waals surface area contributed by atoms with E-state index in [1.165, 1.54) is 5.56 Å². The van der Waals surface area contributed by atoms with Gasteiger partial charge in [-0.2, -0.15) is 0 Å². The van der Waals surface area contributed by atoms with Crippen molar-refractivity contribution in [3.05, 3.63) is 70.2 Å². The molecular weight excluding hydrogens is 352 g/mol. The summed E-state index contributed by atoms with van der Waals surface area (Å²) in [6.07, 6.45) is 0.871. The highest BCUT2D eigenvalue weighted by molar-refractivity contribution is 9.10. The number of rotatable bonds is 7. The van der Waals surface area contributed by atoms with Crippen LogP contribution >= 0.6 is 15.9 Å². The summed E-state index contributed by atoms with van der Waals surface area (Å²) >= 11 is 3.44. The number of likely N-dealkylation sites (N-methyl/N-ethyl adjacent to an activating group) is 1. The molecule has 1 amide bonds. The molecule has 122 valence electrons. The predicted molar refractivity (Wildman–Crippen MR) is 98.1 cm³/mol. The summed E-state index contributed by atoms with van der Waals surface area (Å²) in [5.74, 6) is 0.0539. The molecule has 0 bridgehead atoms. The number of hydrogen-bond donors (Lipinski definition) is 1. The maximum absolute atomic E-state index is 12.3. The minimum absolute atomic E-state index is 0.0539. The average Bonchev–Trinajstić information content (AvgIpc) is 2.54. The lowest BCUT2D eigenvalue weighted by atomic mass is 10.0. The average molecular weight is 375 g/mol. The highest BCUT2D eigenvalue weighted by Gasteiger charge is 2.14. The van der Waals surface area contributed by atoms with Crippen LogP contribution in [0, 0.1) is 0 Å². The molecule has 0 saturated carbocycles. The van der Waals surface area contributed by atoms with E-state index in [4.69, 9.17) is 0 Å². The van der Waals surface area contributed by atoms with Gasteiger partial charge in [0.2, 0.25) is 5.91 Å². The van der Waals surface area contributed by atoms with E-state index in [0.717, 1.165) is 23.0 Å². The Bertz CT molecular complexity index is 613. The Kier molecular flexibility index (Phi) is 6.81. The topological polar surface area (TPSA) is 32.3 Å². The number of nitrogens with one attached hydrogen (secondary N) is 1. The molecule has 0 aliphatic heterocycles. The SMILES string of the molecule is CCC(NC(=O)CN(C)Cc1ccccc1)c1ccc(Br)cc1. The molecule has 4 heteroatoms. The quantitative estimate of drug-likeness (QED) is 0.789. The number of carbonyl (C=O) groups excluding carboxylic acids is 1. The first-order valence-corrected chi connectivity index (χ1v) is 8.65. The normalized spacial score (nSPS) is 12.2. The Morgan fingerprint density at radius 3 is 2.39 bits per heavy atom. The minimum atomic E-state index is 0.0539. The summed E-state index contributed by atoms with van der Waals surface area (Å²) in [6.45, 7) is 3.24. The van der Waals surface area contributed by atoms with E-state index in [2.05, 4.69) is 40.3 Å². The van der Waals surface area contributed by atoms with Gasteiger partial charge in [0, 0.05) is 11.0 Å². The molecule has 0 radical (unpaired) electrons. The molecule has 23 heavy (non-hydrogen) atoms. The van der Waals surface area contributed by atoms with Gasteiger partial charge in [0.15, 0.2) is 0 Å². The molecule has 0 heterocycles. The Morgan fingerprint density at radius 2 is 1.78 bits per heavy atom.